The van der Waals surface area contributed by atoms with Crippen molar-refractivity contribution >= 4 is 6.03 Å². The first-order valence-corrected chi connectivity index (χ1v) is 7.57. The molecule has 2 amide bonds. The number of methoxy groups -OCH3 is 2. The molecular weight excluding hydrogens is 310 g/mol. The number of hydrogen-bond acceptors (Lipinski definition) is 5. The van der Waals surface area contributed by atoms with E-state index in [9.17, 15) is 4.79 Å². The fourth-order valence-corrected chi connectivity index (χ4v) is 2.34. The average molecular weight is 333 g/mol. The number of rotatable bonds is 6. The highest BCUT2D eigenvalue weighted by Gasteiger charge is 2.15. The summed E-state index contributed by atoms with van der Waals surface area (Å²) < 4.78 is 15.6. The molecule has 1 heterocycles. The maximum atomic E-state index is 12.3. The molecule has 2 aromatic rings. The van der Waals surface area contributed by atoms with Gasteiger partial charge in [-0.2, -0.15) is 0 Å². The Morgan fingerprint density at radius 1 is 1.25 bits per heavy atom. The predicted octanol–water partition coefficient (Wildman–Crippen LogP) is 2.65. The Labute approximate surface area is 141 Å². The SMILES string of the molecule is COc1ccc(CNC(=O)N(C)Cc2c(C)noc2C)cc1OC. The molecular formula is C17H23N3O4. The van der Waals surface area contributed by atoms with Gasteiger partial charge in [0.2, 0.25) is 0 Å². The molecule has 0 unspecified atom stereocenters. The van der Waals surface area contributed by atoms with Crippen LogP contribution in [0.2, 0.25) is 0 Å². The lowest BCUT2D eigenvalue weighted by molar-refractivity contribution is 0.206. The minimum atomic E-state index is -0.176. The number of hydrogen-bond donors (Lipinski definition) is 1. The third-order valence-electron chi connectivity index (χ3n) is 3.81. The summed E-state index contributed by atoms with van der Waals surface area (Å²) in [6.07, 6.45) is 0. The topological polar surface area (TPSA) is 76.8 Å². The molecule has 0 fully saturated rings. The van der Waals surface area contributed by atoms with Crippen LogP contribution in [0.15, 0.2) is 22.7 Å². The number of benzene rings is 1. The lowest BCUT2D eigenvalue weighted by Crippen LogP contribution is -2.36. The second-order valence-electron chi connectivity index (χ2n) is 5.51. The molecule has 0 aliphatic heterocycles. The number of urea groups is 1. The van der Waals surface area contributed by atoms with E-state index < -0.39 is 0 Å². The number of nitrogens with one attached hydrogen (secondary N) is 1. The number of nitrogens with zero attached hydrogens (tertiary/aromatic N) is 2. The molecule has 0 spiro atoms. The van der Waals surface area contributed by atoms with E-state index in [-0.39, 0.29) is 6.03 Å². The van der Waals surface area contributed by atoms with Crippen molar-refractivity contribution in [3.63, 3.8) is 0 Å². The van der Waals surface area contributed by atoms with Crippen LogP contribution in [-0.4, -0.2) is 37.4 Å². The zero-order valence-electron chi connectivity index (χ0n) is 14.7. The molecule has 1 aromatic heterocycles. The molecule has 1 N–H and O–H groups in total. The van der Waals surface area contributed by atoms with Gasteiger partial charge in [-0.1, -0.05) is 11.2 Å². The maximum Gasteiger partial charge on any atom is 0.317 e. The predicted molar refractivity (Wildman–Crippen MR) is 89.2 cm³/mol. The number of aromatic nitrogens is 1. The highest BCUT2D eigenvalue weighted by atomic mass is 16.5. The smallest absolute Gasteiger partial charge is 0.317 e. The molecule has 0 saturated heterocycles. The number of ether oxygens (including phenoxy) is 2. The van der Waals surface area contributed by atoms with Gasteiger partial charge in [0.05, 0.1) is 26.5 Å². The van der Waals surface area contributed by atoms with Crippen LogP contribution in [0.25, 0.3) is 0 Å². The number of carbonyl (C=O) groups excluding carboxylic acids is 1. The monoisotopic (exact) mass is 333 g/mol. The van der Waals surface area contributed by atoms with Crippen LogP contribution in [0, 0.1) is 13.8 Å². The van der Waals surface area contributed by atoms with Crippen LogP contribution < -0.4 is 14.8 Å². The van der Waals surface area contributed by atoms with Gasteiger partial charge < -0.3 is 24.2 Å². The van der Waals surface area contributed by atoms with Crippen molar-refractivity contribution in [1.82, 2.24) is 15.4 Å². The molecule has 0 radical (unpaired) electrons. The van der Waals surface area contributed by atoms with Crippen LogP contribution in [0.4, 0.5) is 4.79 Å². The van der Waals surface area contributed by atoms with Crippen molar-refractivity contribution in [3.8, 4) is 11.5 Å². The third kappa shape index (κ3) is 3.98. The van der Waals surface area contributed by atoms with E-state index in [0.29, 0.717) is 24.6 Å². The zero-order valence-corrected chi connectivity index (χ0v) is 14.7. The first-order chi connectivity index (χ1) is 11.5. The Morgan fingerprint density at radius 3 is 2.54 bits per heavy atom. The van der Waals surface area contributed by atoms with Crippen molar-refractivity contribution < 1.29 is 18.8 Å². The molecule has 0 aliphatic carbocycles. The van der Waals surface area contributed by atoms with Crippen LogP contribution >= 0.6 is 0 Å². The fraction of sp³-hybridized carbons (Fsp3) is 0.412. The second-order valence-corrected chi connectivity index (χ2v) is 5.51. The van der Waals surface area contributed by atoms with Gasteiger partial charge in [0.15, 0.2) is 11.5 Å². The lowest BCUT2D eigenvalue weighted by Gasteiger charge is -2.18. The Kier molecular flexibility index (Phi) is 5.68. The van der Waals surface area contributed by atoms with E-state index >= 15 is 0 Å². The Bertz CT molecular complexity index is 692. The molecule has 24 heavy (non-hydrogen) atoms. The summed E-state index contributed by atoms with van der Waals surface area (Å²) in [6, 6.07) is 5.36. The molecule has 7 nitrogen and oxygen atoms in total. The maximum absolute atomic E-state index is 12.3. The number of aryl methyl sites for hydroxylation is 2. The third-order valence-corrected chi connectivity index (χ3v) is 3.81. The molecule has 0 saturated carbocycles. The quantitative estimate of drug-likeness (QED) is 0.879. The van der Waals surface area contributed by atoms with Gasteiger partial charge >= 0.3 is 6.03 Å². The summed E-state index contributed by atoms with van der Waals surface area (Å²) in [5.41, 5.74) is 2.65. The van der Waals surface area contributed by atoms with Gasteiger partial charge in [-0.3, -0.25) is 0 Å². The minimum absolute atomic E-state index is 0.176. The van der Waals surface area contributed by atoms with E-state index in [0.717, 1.165) is 22.6 Å². The molecule has 7 heteroatoms. The summed E-state index contributed by atoms with van der Waals surface area (Å²) >= 11 is 0. The lowest BCUT2D eigenvalue weighted by atomic mass is 10.2. The summed E-state index contributed by atoms with van der Waals surface area (Å²) in [7, 11) is 4.90. The van der Waals surface area contributed by atoms with Crippen molar-refractivity contribution in [2.24, 2.45) is 0 Å². The second kappa shape index (κ2) is 7.72. The van der Waals surface area contributed by atoms with Gasteiger partial charge in [-0.25, -0.2) is 4.79 Å². The summed E-state index contributed by atoms with van der Waals surface area (Å²) in [5.74, 6) is 2.02. The molecule has 1 aromatic carbocycles. The summed E-state index contributed by atoms with van der Waals surface area (Å²) in [6.45, 7) is 4.54. The van der Waals surface area contributed by atoms with E-state index in [2.05, 4.69) is 10.5 Å². The van der Waals surface area contributed by atoms with Gasteiger partial charge in [-0.05, 0) is 31.5 Å². The van der Waals surface area contributed by atoms with Crippen molar-refractivity contribution in [1.29, 1.82) is 0 Å². The van der Waals surface area contributed by atoms with Crippen molar-refractivity contribution in [2.45, 2.75) is 26.9 Å². The first kappa shape index (κ1) is 17.7. The number of amides is 2. The summed E-state index contributed by atoms with van der Waals surface area (Å²) in [4.78, 5) is 13.8. The summed E-state index contributed by atoms with van der Waals surface area (Å²) in [5, 5.41) is 6.78. The van der Waals surface area contributed by atoms with Crippen LogP contribution in [0.3, 0.4) is 0 Å². The van der Waals surface area contributed by atoms with Crippen LogP contribution in [0.5, 0.6) is 11.5 Å². The Hall–Kier alpha value is -2.70. The van der Waals surface area contributed by atoms with Gasteiger partial charge in [0.1, 0.15) is 5.76 Å². The first-order valence-electron chi connectivity index (χ1n) is 7.57. The fourth-order valence-electron chi connectivity index (χ4n) is 2.34. The molecule has 2 rings (SSSR count). The number of carbonyl (C=O) groups is 1. The standard InChI is InChI=1S/C17H23N3O4/c1-11-14(12(2)24-19-11)10-20(3)17(21)18-9-13-6-7-15(22-4)16(8-13)23-5/h6-8H,9-10H2,1-5H3,(H,18,21). The van der Waals surface area contributed by atoms with Crippen LogP contribution in [-0.2, 0) is 13.1 Å². The van der Waals surface area contributed by atoms with Gasteiger partial charge in [-0.15, -0.1) is 0 Å². The molecule has 0 aliphatic rings. The van der Waals surface area contributed by atoms with E-state index in [4.69, 9.17) is 14.0 Å². The van der Waals surface area contributed by atoms with E-state index in [1.54, 1.807) is 26.2 Å². The molecule has 130 valence electrons. The van der Waals surface area contributed by atoms with Crippen LogP contribution in [0.1, 0.15) is 22.6 Å². The van der Waals surface area contributed by atoms with Crippen molar-refractivity contribution in [2.75, 3.05) is 21.3 Å². The van der Waals surface area contributed by atoms with Gasteiger partial charge in [0, 0.05) is 19.2 Å². The average Bonchev–Trinajstić information content (AvgIpc) is 2.91. The molecule has 0 bridgehead atoms. The van der Waals surface area contributed by atoms with Crippen molar-refractivity contribution in [3.05, 3.63) is 40.8 Å². The van der Waals surface area contributed by atoms with E-state index in [1.807, 2.05) is 32.0 Å². The van der Waals surface area contributed by atoms with E-state index in [1.165, 1.54) is 0 Å². The highest BCUT2D eigenvalue weighted by Crippen LogP contribution is 2.27. The molecule has 0 atom stereocenters. The normalized spacial score (nSPS) is 10.4. The van der Waals surface area contributed by atoms with Gasteiger partial charge in [0.25, 0.3) is 0 Å². The Morgan fingerprint density at radius 2 is 1.96 bits per heavy atom. The Balaban J connectivity index is 1.95. The largest absolute Gasteiger partial charge is 0.493 e. The minimum Gasteiger partial charge on any atom is -0.493 e. The highest BCUT2D eigenvalue weighted by molar-refractivity contribution is 5.73. The zero-order chi connectivity index (χ0) is 17.7.